The molecule has 0 unspecified atom stereocenters. The number of hydrogen-bond acceptors (Lipinski definition) is 4. The highest BCUT2D eigenvalue weighted by Gasteiger charge is 2.39. The molecule has 0 spiro atoms. The van der Waals surface area contributed by atoms with Crippen molar-refractivity contribution in [3.8, 4) is 11.5 Å². The fraction of sp³-hybridized carbons (Fsp3) is 0.200. The summed E-state index contributed by atoms with van der Waals surface area (Å²) >= 11 is 12.1. The third kappa shape index (κ3) is 3.66. The zero-order chi connectivity index (χ0) is 19.6. The van der Waals surface area contributed by atoms with Crippen molar-refractivity contribution in [1.29, 1.82) is 0 Å². The molecule has 27 heavy (non-hydrogen) atoms. The first-order valence-electron chi connectivity index (χ1n) is 8.42. The highest BCUT2D eigenvalue weighted by atomic mass is 35.5. The predicted molar refractivity (Wildman–Crippen MR) is 105 cm³/mol. The zero-order valence-corrected chi connectivity index (χ0v) is 16.3. The summed E-state index contributed by atoms with van der Waals surface area (Å²) in [4.78, 5) is 26.6. The Labute approximate surface area is 167 Å². The molecule has 0 atom stereocenters. The Morgan fingerprint density at radius 2 is 1.48 bits per heavy atom. The smallest absolute Gasteiger partial charge is 0.277 e. The van der Waals surface area contributed by atoms with Crippen molar-refractivity contribution in [2.24, 2.45) is 0 Å². The van der Waals surface area contributed by atoms with Gasteiger partial charge in [-0.25, -0.2) is 4.90 Å². The molecule has 0 N–H and O–H groups in total. The Morgan fingerprint density at radius 1 is 0.852 bits per heavy atom. The quantitative estimate of drug-likeness (QED) is 0.655. The molecule has 0 aliphatic carbocycles. The summed E-state index contributed by atoms with van der Waals surface area (Å²) in [7, 11) is 0. The molecule has 0 fully saturated rings. The molecule has 0 bridgehead atoms. The average molecular weight is 406 g/mol. The van der Waals surface area contributed by atoms with Gasteiger partial charge in [0.05, 0.1) is 24.5 Å². The van der Waals surface area contributed by atoms with Gasteiger partial charge < -0.3 is 9.47 Å². The van der Waals surface area contributed by atoms with Crippen LogP contribution in [0.5, 0.6) is 11.5 Å². The molecule has 3 rings (SSSR count). The first-order valence-corrected chi connectivity index (χ1v) is 9.17. The van der Waals surface area contributed by atoms with Crippen molar-refractivity contribution in [2.45, 2.75) is 13.8 Å². The Hall–Kier alpha value is -2.50. The zero-order valence-electron chi connectivity index (χ0n) is 14.8. The van der Waals surface area contributed by atoms with E-state index in [1.165, 1.54) is 0 Å². The minimum atomic E-state index is -0.585. The van der Waals surface area contributed by atoms with Crippen LogP contribution >= 0.6 is 23.2 Å². The van der Waals surface area contributed by atoms with Gasteiger partial charge in [0.1, 0.15) is 5.03 Å². The van der Waals surface area contributed by atoms with E-state index in [4.69, 9.17) is 32.7 Å². The van der Waals surface area contributed by atoms with Crippen molar-refractivity contribution in [3.63, 3.8) is 0 Å². The predicted octanol–water partition coefficient (Wildman–Crippen LogP) is 4.66. The summed E-state index contributed by atoms with van der Waals surface area (Å²) in [5.74, 6) is -0.0927. The van der Waals surface area contributed by atoms with Gasteiger partial charge in [-0.2, -0.15) is 0 Å². The second-order valence-electron chi connectivity index (χ2n) is 5.64. The number of carbonyl (C=O) groups is 2. The number of amides is 2. The van der Waals surface area contributed by atoms with Crippen molar-refractivity contribution in [2.75, 3.05) is 18.1 Å². The van der Waals surface area contributed by atoms with Crippen molar-refractivity contribution >= 4 is 46.3 Å². The van der Waals surface area contributed by atoms with Crippen molar-refractivity contribution in [3.05, 3.63) is 58.1 Å². The van der Waals surface area contributed by atoms with Crippen LogP contribution in [0.4, 0.5) is 5.69 Å². The summed E-state index contributed by atoms with van der Waals surface area (Å²) in [5, 5.41) is 0.395. The minimum Gasteiger partial charge on any atom is -0.490 e. The number of nitrogens with zero attached hydrogens (tertiary/aromatic N) is 1. The lowest BCUT2D eigenvalue weighted by atomic mass is 10.1. The standard InChI is InChI=1S/C20H17Cl2NO4/c1-3-26-15-10-9-14(11-16(15)27-4-2)23-19(24)17(18(22)20(23)25)12-5-7-13(21)8-6-12/h5-11H,3-4H2,1-2H3. The third-order valence-electron chi connectivity index (χ3n) is 3.95. The van der Waals surface area contributed by atoms with E-state index in [1.807, 2.05) is 13.8 Å². The van der Waals surface area contributed by atoms with Gasteiger partial charge in [-0.05, 0) is 43.7 Å². The Morgan fingerprint density at radius 3 is 2.11 bits per heavy atom. The number of carbonyl (C=O) groups excluding carboxylic acids is 2. The molecule has 1 heterocycles. The first kappa shape index (κ1) is 19.3. The third-order valence-corrected chi connectivity index (χ3v) is 4.55. The minimum absolute atomic E-state index is 0.130. The van der Waals surface area contributed by atoms with E-state index in [9.17, 15) is 9.59 Å². The molecule has 140 valence electrons. The summed E-state index contributed by atoms with van der Waals surface area (Å²) in [5.41, 5.74) is 1.03. The average Bonchev–Trinajstić information content (AvgIpc) is 2.87. The highest BCUT2D eigenvalue weighted by Crippen LogP contribution is 2.38. The molecule has 2 aromatic carbocycles. The Bertz CT molecular complexity index is 922. The summed E-state index contributed by atoms with van der Waals surface area (Å²) in [6, 6.07) is 11.5. The number of benzene rings is 2. The Kier molecular flexibility index (Phi) is 5.73. The SMILES string of the molecule is CCOc1ccc(N2C(=O)C(Cl)=C(c3ccc(Cl)cc3)C2=O)cc1OCC. The largest absolute Gasteiger partial charge is 0.490 e. The normalized spacial score (nSPS) is 14.1. The van der Waals surface area contributed by atoms with Crippen molar-refractivity contribution in [1.82, 2.24) is 0 Å². The van der Waals surface area contributed by atoms with Crippen LogP contribution in [0.2, 0.25) is 5.02 Å². The lowest BCUT2D eigenvalue weighted by Gasteiger charge is -2.18. The van der Waals surface area contributed by atoms with Gasteiger partial charge in [-0.3, -0.25) is 9.59 Å². The van der Waals surface area contributed by atoms with E-state index >= 15 is 0 Å². The summed E-state index contributed by atoms with van der Waals surface area (Å²) < 4.78 is 11.1. The number of ether oxygens (including phenoxy) is 2. The summed E-state index contributed by atoms with van der Waals surface area (Å²) in [6.07, 6.45) is 0. The van der Waals surface area contributed by atoms with Crippen LogP contribution in [0.15, 0.2) is 47.5 Å². The molecule has 1 aliphatic rings. The molecule has 0 aromatic heterocycles. The molecule has 7 heteroatoms. The lowest BCUT2D eigenvalue weighted by Crippen LogP contribution is -2.31. The fourth-order valence-corrected chi connectivity index (χ4v) is 3.18. The van der Waals surface area contributed by atoms with Gasteiger partial charge >= 0.3 is 0 Å². The van der Waals surface area contributed by atoms with E-state index in [-0.39, 0.29) is 10.6 Å². The first-order chi connectivity index (χ1) is 13.0. The van der Waals surface area contributed by atoms with E-state index < -0.39 is 11.8 Å². The molecular formula is C20H17Cl2NO4. The number of halogens is 2. The topological polar surface area (TPSA) is 55.8 Å². The van der Waals surface area contributed by atoms with E-state index in [1.54, 1.807) is 42.5 Å². The number of imide groups is 1. The van der Waals surface area contributed by atoms with Crippen LogP contribution in [-0.4, -0.2) is 25.0 Å². The number of hydrogen-bond donors (Lipinski definition) is 0. The Balaban J connectivity index is 1.99. The van der Waals surface area contributed by atoms with Crippen LogP contribution in [-0.2, 0) is 9.59 Å². The molecule has 0 saturated heterocycles. The molecular weight excluding hydrogens is 389 g/mol. The van der Waals surface area contributed by atoms with Gasteiger partial charge in [0.15, 0.2) is 11.5 Å². The molecule has 2 amide bonds. The maximum atomic E-state index is 12.9. The van der Waals surface area contributed by atoms with Gasteiger partial charge in [0.25, 0.3) is 11.8 Å². The van der Waals surface area contributed by atoms with Gasteiger partial charge in [0, 0.05) is 11.1 Å². The molecule has 5 nitrogen and oxygen atoms in total. The monoisotopic (exact) mass is 405 g/mol. The van der Waals surface area contributed by atoms with Crippen LogP contribution < -0.4 is 14.4 Å². The van der Waals surface area contributed by atoms with E-state index in [2.05, 4.69) is 0 Å². The van der Waals surface area contributed by atoms with E-state index in [0.29, 0.717) is 41.0 Å². The van der Waals surface area contributed by atoms with E-state index in [0.717, 1.165) is 4.90 Å². The van der Waals surface area contributed by atoms with Crippen LogP contribution in [0.3, 0.4) is 0 Å². The maximum Gasteiger partial charge on any atom is 0.277 e. The summed E-state index contributed by atoms with van der Waals surface area (Å²) in [6.45, 7) is 4.58. The molecule has 0 radical (unpaired) electrons. The van der Waals surface area contributed by atoms with Gasteiger partial charge in [-0.15, -0.1) is 0 Å². The molecule has 1 aliphatic heterocycles. The molecule has 2 aromatic rings. The number of anilines is 1. The van der Waals surface area contributed by atoms with Crippen LogP contribution in [0, 0.1) is 0 Å². The van der Waals surface area contributed by atoms with Gasteiger partial charge in [-0.1, -0.05) is 35.3 Å². The number of rotatable bonds is 6. The van der Waals surface area contributed by atoms with Crippen molar-refractivity contribution < 1.29 is 19.1 Å². The highest BCUT2D eigenvalue weighted by molar-refractivity contribution is 6.60. The maximum absolute atomic E-state index is 12.9. The molecule has 0 saturated carbocycles. The lowest BCUT2D eigenvalue weighted by molar-refractivity contribution is -0.119. The van der Waals surface area contributed by atoms with Crippen LogP contribution in [0.1, 0.15) is 19.4 Å². The fourth-order valence-electron chi connectivity index (χ4n) is 2.78. The van der Waals surface area contributed by atoms with Crippen LogP contribution in [0.25, 0.3) is 5.57 Å². The van der Waals surface area contributed by atoms with Gasteiger partial charge in [0.2, 0.25) is 0 Å². The second kappa shape index (κ2) is 8.03. The second-order valence-corrected chi connectivity index (χ2v) is 6.45.